The van der Waals surface area contributed by atoms with E-state index < -0.39 is 25.8 Å². The van der Waals surface area contributed by atoms with Crippen LogP contribution in [0.1, 0.15) is 20.8 Å². The summed E-state index contributed by atoms with van der Waals surface area (Å²) in [5.74, 6) is -0.972. The van der Waals surface area contributed by atoms with Crippen molar-refractivity contribution < 1.29 is 36.7 Å². The lowest BCUT2D eigenvalue weighted by atomic mass is 10.3. The van der Waals surface area contributed by atoms with Crippen LogP contribution in [0.5, 0.6) is 5.75 Å². The second-order valence-corrected chi connectivity index (χ2v) is 9.55. The number of ether oxygens (including phenoxy) is 3. The highest BCUT2D eigenvalue weighted by Gasteiger charge is 2.32. The molecule has 2 N–H and O–H groups in total. The van der Waals surface area contributed by atoms with Gasteiger partial charge in [-0.3, -0.25) is 14.4 Å². The fourth-order valence-electron chi connectivity index (χ4n) is 2.29. The number of nitrogens with zero attached hydrogens (tertiary/aromatic N) is 1. The minimum atomic E-state index is -4.81. The van der Waals surface area contributed by atoms with Crippen molar-refractivity contribution in [2.75, 3.05) is 18.5 Å². The molecule has 0 aliphatic heterocycles. The van der Waals surface area contributed by atoms with Gasteiger partial charge in [-0.2, -0.15) is 0 Å². The maximum absolute atomic E-state index is 13.2. The van der Waals surface area contributed by atoms with Gasteiger partial charge >= 0.3 is 12.3 Å². The number of carbonyl (C=O) groups is 1. The third-order valence-corrected chi connectivity index (χ3v) is 6.37. The number of rotatable bonds is 9. The Bertz CT molecular complexity index is 906. The Morgan fingerprint density at radius 1 is 1.31 bits per heavy atom. The third kappa shape index (κ3) is 7.14. The molecule has 13 heteroatoms. The number of aromatic nitrogens is 1. The van der Waals surface area contributed by atoms with Crippen LogP contribution in [0.3, 0.4) is 0 Å². The molecule has 0 spiro atoms. The van der Waals surface area contributed by atoms with E-state index in [0.29, 0.717) is 10.2 Å². The van der Waals surface area contributed by atoms with Crippen LogP contribution in [0.4, 0.5) is 18.3 Å². The Morgan fingerprint density at radius 3 is 2.59 bits per heavy atom. The first kappa shape index (κ1) is 23.4. The number of esters is 1. The number of hydrogen-bond donors (Lipinski definition) is 2. The first-order chi connectivity index (χ1) is 13.4. The smallest absolute Gasteiger partial charge is 0.462 e. The molecule has 1 unspecified atom stereocenters. The summed E-state index contributed by atoms with van der Waals surface area (Å²) in [6, 6.07) is 2.78. The van der Waals surface area contributed by atoms with Gasteiger partial charge < -0.3 is 14.2 Å². The van der Waals surface area contributed by atoms with Crippen LogP contribution in [-0.2, 0) is 18.8 Å². The highest BCUT2D eigenvalue weighted by atomic mass is 32.1. The van der Waals surface area contributed by atoms with E-state index in [1.54, 1.807) is 13.8 Å². The molecule has 0 bridgehead atoms. The van der Waals surface area contributed by atoms with Crippen molar-refractivity contribution >= 4 is 40.1 Å². The van der Waals surface area contributed by atoms with Crippen LogP contribution in [0.15, 0.2) is 18.2 Å². The van der Waals surface area contributed by atoms with Crippen molar-refractivity contribution in [3.63, 3.8) is 0 Å². The van der Waals surface area contributed by atoms with Gasteiger partial charge in [0.15, 0.2) is 5.13 Å². The van der Waals surface area contributed by atoms with Gasteiger partial charge in [0, 0.05) is 13.2 Å². The van der Waals surface area contributed by atoms with Gasteiger partial charge in [-0.05, 0) is 32.9 Å². The predicted molar refractivity (Wildman–Crippen MR) is 103 cm³/mol. The van der Waals surface area contributed by atoms with Crippen molar-refractivity contribution in [1.82, 2.24) is 10.1 Å². The molecule has 0 aliphatic rings. The van der Waals surface area contributed by atoms with Crippen molar-refractivity contribution in [1.29, 1.82) is 0 Å². The number of anilines is 1. The summed E-state index contributed by atoms with van der Waals surface area (Å²) in [6.45, 7) is 4.87. The van der Waals surface area contributed by atoms with E-state index in [1.165, 1.54) is 26.2 Å². The van der Waals surface area contributed by atoms with E-state index in [2.05, 4.69) is 19.9 Å². The molecule has 0 aliphatic carbocycles. The topological polar surface area (TPSA) is 98.8 Å². The first-order valence-corrected chi connectivity index (χ1v) is 11.1. The Balaban J connectivity index is 2.19. The molecule has 0 radical (unpaired) electrons. The molecule has 1 aromatic heterocycles. The van der Waals surface area contributed by atoms with Crippen molar-refractivity contribution in [2.45, 2.75) is 39.3 Å². The Hall–Kier alpha value is -1.88. The average Bonchev–Trinajstić information content (AvgIpc) is 2.93. The molecular formula is C16H21F3N3O5PS. The maximum Gasteiger partial charge on any atom is 0.573 e. The molecule has 0 saturated heterocycles. The number of benzene rings is 1. The fourth-order valence-corrected chi connectivity index (χ4v) is 5.32. The minimum absolute atomic E-state index is 0.182. The van der Waals surface area contributed by atoms with Crippen LogP contribution in [0, 0.1) is 0 Å². The molecule has 0 fully saturated rings. The van der Waals surface area contributed by atoms with E-state index >= 15 is 0 Å². The summed E-state index contributed by atoms with van der Waals surface area (Å²) in [7, 11) is -2.14. The maximum atomic E-state index is 13.2. The number of fused-ring (bicyclic) bond motifs is 1. The lowest BCUT2D eigenvalue weighted by Crippen LogP contribution is -2.36. The summed E-state index contributed by atoms with van der Waals surface area (Å²) >= 11 is 0.983. The van der Waals surface area contributed by atoms with Gasteiger partial charge in [-0.1, -0.05) is 11.3 Å². The van der Waals surface area contributed by atoms with Gasteiger partial charge in [-0.25, -0.2) is 10.1 Å². The highest BCUT2D eigenvalue weighted by Crippen LogP contribution is 2.44. The molecule has 29 heavy (non-hydrogen) atoms. The monoisotopic (exact) mass is 455 g/mol. The largest absolute Gasteiger partial charge is 0.573 e. The number of methoxy groups -OCH3 is 1. The molecule has 0 amide bonds. The minimum Gasteiger partial charge on any atom is -0.462 e. The highest BCUT2D eigenvalue weighted by molar-refractivity contribution is 7.63. The molecule has 1 aromatic carbocycles. The summed E-state index contributed by atoms with van der Waals surface area (Å²) in [5, 5.41) is 5.56. The normalized spacial score (nSPS) is 15.2. The average molecular weight is 455 g/mol. The lowest BCUT2D eigenvalue weighted by Gasteiger charge is -2.23. The first-order valence-electron chi connectivity index (χ1n) is 8.41. The molecule has 2 aromatic rings. The van der Waals surface area contributed by atoms with E-state index in [4.69, 9.17) is 9.47 Å². The van der Waals surface area contributed by atoms with Crippen LogP contribution >= 0.6 is 18.8 Å². The van der Waals surface area contributed by atoms with Crippen molar-refractivity contribution in [3.05, 3.63) is 18.2 Å². The van der Waals surface area contributed by atoms with E-state index in [0.717, 1.165) is 17.4 Å². The number of alkyl halides is 3. The number of halogens is 3. The summed E-state index contributed by atoms with van der Waals surface area (Å²) in [5.41, 5.74) is 0.392. The number of hydrogen-bond acceptors (Lipinski definition) is 7. The number of nitrogens with one attached hydrogen (secondary N) is 2. The van der Waals surface area contributed by atoms with E-state index in [1.807, 2.05) is 0 Å². The quantitative estimate of drug-likeness (QED) is 0.426. The van der Waals surface area contributed by atoms with Crippen LogP contribution in [0.25, 0.3) is 10.2 Å². The van der Waals surface area contributed by atoms with Crippen LogP contribution in [0.2, 0.25) is 0 Å². The molecule has 0 saturated carbocycles. The molecule has 1 heterocycles. The molecule has 8 nitrogen and oxygen atoms in total. The number of carbonyl (C=O) groups excluding carboxylic acids is 1. The Labute approximate surface area is 169 Å². The fraction of sp³-hybridized carbons (Fsp3) is 0.500. The Morgan fingerprint density at radius 2 is 2.00 bits per heavy atom. The third-order valence-electron chi connectivity index (χ3n) is 3.29. The second-order valence-electron chi connectivity index (χ2n) is 6.30. The summed E-state index contributed by atoms with van der Waals surface area (Å²) < 4.78 is 64.6. The molecule has 2 atom stereocenters. The van der Waals surface area contributed by atoms with Gasteiger partial charge in [-0.15, -0.1) is 13.2 Å². The molecular weight excluding hydrogens is 434 g/mol. The lowest BCUT2D eigenvalue weighted by molar-refractivity contribution is -0.274. The summed E-state index contributed by atoms with van der Waals surface area (Å²) in [6.07, 6.45) is -5.40. The van der Waals surface area contributed by atoms with Crippen molar-refractivity contribution in [3.8, 4) is 5.75 Å². The van der Waals surface area contributed by atoms with Gasteiger partial charge in [0.05, 0.1) is 16.3 Å². The SMILES string of the molecule is COCP(=O)(Nc1nc2ccc(OC(F)(F)F)cc2s1)N[C@@H](C)C(=O)OC(C)C. The zero-order chi connectivity index (χ0) is 21.8. The zero-order valence-corrected chi connectivity index (χ0v) is 17.8. The second kappa shape index (κ2) is 9.29. The van der Waals surface area contributed by atoms with E-state index in [9.17, 15) is 22.5 Å². The van der Waals surface area contributed by atoms with E-state index in [-0.39, 0.29) is 23.3 Å². The van der Waals surface area contributed by atoms with Crippen molar-refractivity contribution in [2.24, 2.45) is 0 Å². The van der Waals surface area contributed by atoms with Gasteiger partial charge in [0.2, 0.25) is 0 Å². The number of thiazole rings is 1. The zero-order valence-electron chi connectivity index (χ0n) is 16.1. The van der Waals surface area contributed by atoms with Crippen LogP contribution < -0.4 is 14.9 Å². The standard InChI is InChI=1S/C16H21F3N3O5PS/c1-9(2)26-14(23)10(3)21-28(24,8-25-4)22-15-20-12-6-5-11(7-13(12)29-15)27-16(17,18)19/h5-7,9-10H,8H2,1-4H3,(H2,20,21,22,24)/t10-,28?/m0/s1. The predicted octanol–water partition coefficient (Wildman–Crippen LogP) is 4.33. The molecule has 162 valence electrons. The molecule has 2 rings (SSSR count). The summed E-state index contributed by atoms with van der Waals surface area (Å²) in [4.78, 5) is 16.2. The Kier molecular flexibility index (Phi) is 7.50. The van der Waals surface area contributed by atoms with Gasteiger partial charge in [0.1, 0.15) is 18.1 Å². The van der Waals surface area contributed by atoms with Crippen LogP contribution in [-0.4, -0.2) is 42.9 Å². The van der Waals surface area contributed by atoms with Gasteiger partial charge in [0.25, 0.3) is 7.44 Å².